The highest BCUT2D eigenvalue weighted by Gasteiger charge is 2.28. The predicted octanol–water partition coefficient (Wildman–Crippen LogP) is 1.50. The average molecular weight is 220 g/mol. The first-order chi connectivity index (χ1) is 6.65. The van der Waals surface area contributed by atoms with Crippen molar-refractivity contribution in [1.82, 2.24) is 4.90 Å². The molecular weight excluding hydrogens is 202 g/mol. The van der Waals surface area contributed by atoms with Crippen molar-refractivity contribution in [2.45, 2.75) is 24.6 Å². The Kier molecular flexibility index (Phi) is 4.69. The van der Waals surface area contributed by atoms with Gasteiger partial charge in [-0.3, -0.25) is 4.79 Å². The largest absolute Gasteiger partial charge is 0.383 e. The van der Waals surface area contributed by atoms with Gasteiger partial charge in [-0.1, -0.05) is 6.42 Å². The van der Waals surface area contributed by atoms with E-state index in [9.17, 15) is 4.79 Å². The third kappa shape index (κ3) is 3.14. The standard InChI is InChI=1S/C10H18ClNO2/c1-12(6-9(11)7-14-2)10(13)8-4-3-5-8/h8-9H,3-7H2,1-2H3. The Labute approximate surface area is 90.4 Å². The Balaban J connectivity index is 2.25. The number of hydrogen-bond acceptors (Lipinski definition) is 2. The van der Waals surface area contributed by atoms with Crippen LogP contribution in [0.2, 0.25) is 0 Å². The second kappa shape index (κ2) is 5.56. The molecule has 0 radical (unpaired) electrons. The molecule has 4 heteroatoms. The molecule has 1 unspecified atom stereocenters. The number of rotatable bonds is 5. The lowest BCUT2D eigenvalue weighted by atomic mass is 9.84. The van der Waals surface area contributed by atoms with Gasteiger partial charge in [0.05, 0.1) is 12.0 Å². The van der Waals surface area contributed by atoms with E-state index in [2.05, 4.69) is 0 Å². The zero-order chi connectivity index (χ0) is 10.6. The Morgan fingerprint density at radius 1 is 1.64 bits per heavy atom. The van der Waals surface area contributed by atoms with Crippen LogP contribution in [0, 0.1) is 5.92 Å². The second-order valence-electron chi connectivity index (χ2n) is 3.90. The van der Waals surface area contributed by atoms with E-state index in [1.807, 2.05) is 7.05 Å². The molecule has 0 aliphatic heterocycles. The molecule has 1 rings (SSSR count). The van der Waals surface area contributed by atoms with E-state index in [0.29, 0.717) is 13.2 Å². The third-order valence-electron chi connectivity index (χ3n) is 2.65. The molecule has 0 saturated heterocycles. The van der Waals surface area contributed by atoms with Crippen molar-refractivity contribution in [2.24, 2.45) is 5.92 Å². The molecule has 0 aromatic carbocycles. The van der Waals surface area contributed by atoms with Crippen molar-refractivity contribution in [1.29, 1.82) is 0 Å². The van der Waals surface area contributed by atoms with Crippen LogP contribution in [0.5, 0.6) is 0 Å². The van der Waals surface area contributed by atoms with Gasteiger partial charge in [-0.05, 0) is 12.8 Å². The van der Waals surface area contributed by atoms with Crippen molar-refractivity contribution in [2.75, 3.05) is 27.3 Å². The van der Waals surface area contributed by atoms with Crippen LogP contribution in [-0.4, -0.2) is 43.5 Å². The molecule has 1 saturated carbocycles. The average Bonchev–Trinajstić information content (AvgIpc) is 2.01. The van der Waals surface area contributed by atoms with Crippen LogP contribution >= 0.6 is 11.6 Å². The van der Waals surface area contributed by atoms with Crippen LogP contribution < -0.4 is 0 Å². The number of carbonyl (C=O) groups excluding carboxylic acids is 1. The van der Waals surface area contributed by atoms with Crippen LogP contribution in [0.25, 0.3) is 0 Å². The number of methoxy groups -OCH3 is 1. The molecule has 1 aliphatic carbocycles. The summed E-state index contributed by atoms with van der Waals surface area (Å²) in [4.78, 5) is 13.4. The lowest BCUT2D eigenvalue weighted by molar-refractivity contribution is -0.136. The fourth-order valence-electron chi connectivity index (χ4n) is 1.59. The minimum absolute atomic E-state index is 0.103. The lowest BCUT2D eigenvalue weighted by Crippen LogP contribution is -2.40. The summed E-state index contributed by atoms with van der Waals surface area (Å²) in [6.07, 6.45) is 3.27. The summed E-state index contributed by atoms with van der Waals surface area (Å²) >= 11 is 5.97. The van der Waals surface area contributed by atoms with E-state index < -0.39 is 0 Å². The van der Waals surface area contributed by atoms with Crippen molar-refractivity contribution in [3.8, 4) is 0 Å². The van der Waals surface area contributed by atoms with E-state index in [4.69, 9.17) is 16.3 Å². The molecule has 82 valence electrons. The molecule has 1 fully saturated rings. The number of ether oxygens (including phenoxy) is 1. The molecule has 1 atom stereocenters. The highest BCUT2D eigenvalue weighted by Crippen LogP contribution is 2.27. The number of carbonyl (C=O) groups is 1. The minimum atomic E-state index is -0.103. The number of nitrogens with zero attached hydrogens (tertiary/aromatic N) is 1. The van der Waals surface area contributed by atoms with Gasteiger partial charge in [0.25, 0.3) is 0 Å². The second-order valence-corrected chi connectivity index (χ2v) is 4.52. The van der Waals surface area contributed by atoms with Crippen LogP contribution in [0.4, 0.5) is 0 Å². The summed E-state index contributed by atoms with van der Waals surface area (Å²) < 4.78 is 4.92. The summed E-state index contributed by atoms with van der Waals surface area (Å²) in [5, 5.41) is -0.103. The molecule has 0 N–H and O–H groups in total. The Bertz CT molecular complexity index is 195. The first-order valence-corrected chi connectivity index (χ1v) is 5.46. The summed E-state index contributed by atoms with van der Waals surface area (Å²) in [5.41, 5.74) is 0. The van der Waals surface area contributed by atoms with Gasteiger partial charge in [-0.25, -0.2) is 0 Å². The van der Waals surface area contributed by atoms with E-state index >= 15 is 0 Å². The maximum Gasteiger partial charge on any atom is 0.225 e. The van der Waals surface area contributed by atoms with Crippen LogP contribution in [0.1, 0.15) is 19.3 Å². The van der Waals surface area contributed by atoms with Crippen molar-refractivity contribution < 1.29 is 9.53 Å². The van der Waals surface area contributed by atoms with E-state index in [0.717, 1.165) is 12.8 Å². The van der Waals surface area contributed by atoms with Gasteiger partial charge < -0.3 is 9.64 Å². The number of alkyl halides is 1. The number of halogens is 1. The lowest BCUT2D eigenvalue weighted by Gasteiger charge is -2.30. The Morgan fingerprint density at radius 3 is 2.71 bits per heavy atom. The van der Waals surface area contributed by atoms with Crippen LogP contribution in [0.3, 0.4) is 0 Å². The van der Waals surface area contributed by atoms with Crippen molar-refractivity contribution in [3.63, 3.8) is 0 Å². The first-order valence-electron chi connectivity index (χ1n) is 5.03. The van der Waals surface area contributed by atoms with Gasteiger partial charge in [0.1, 0.15) is 0 Å². The van der Waals surface area contributed by atoms with Crippen molar-refractivity contribution >= 4 is 17.5 Å². The van der Waals surface area contributed by atoms with Gasteiger partial charge in [0.2, 0.25) is 5.91 Å². The quantitative estimate of drug-likeness (QED) is 0.656. The molecule has 0 aromatic rings. The molecule has 14 heavy (non-hydrogen) atoms. The Hall–Kier alpha value is -0.280. The fraction of sp³-hybridized carbons (Fsp3) is 0.900. The first kappa shape index (κ1) is 11.8. The zero-order valence-corrected chi connectivity index (χ0v) is 9.59. The van der Waals surface area contributed by atoms with Gasteiger partial charge in [-0.2, -0.15) is 0 Å². The zero-order valence-electron chi connectivity index (χ0n) is 8.83. The van der Waals surface area contributed by atoms with Gasteiger partial charge in [0.15, 0.2) is 0 Å². The van der Waals surface area contributed by atoms with Gasteiger partial charge >= 0.3 is 0 Å². The van der Waals surface area contributed by atoms with Crippen LogP contribution in [0.15, 0.2) is 0 Å². The maximum atomic E-state index is 11.7. The van der Waals surface area contributed by atoms with Crippen molar-refractivity contribution in [3.05, 3.63) is 0 Å². The van der Waals surface area contributed by atoms with Crippen LogP contribution in [-0.2, 0) is 9.53 Å². The summed E-state index contributed by atoms with van der Waals surface area (Å²) in [6.45, 7) is 1.06. The molecule has 0 aromatic heterocycles. The molecule has 0 bridgehead atoms. The van der Waals surface area contributed by atoms with E-state index in [1.54, 1.807) is 12.0 Å². The topological polar surface area (TPSA) is 29.5 Å². The summed E-state index contributed by atoms with van der Waals surface area (Å²) in [5.74, 6) is 0.490. The van der Waals surface area contributed by atoms with Gasteiger partial charge in [-0.15, -0.1) is 11.6 Å². The van der Waals surface area contributed by atoms with E-state index in [1.165, 1.54) is 6.42 Å². The molecule has 3 nitrogen and oxygen atoms in total. The van der Waals surface area contributed by atoms with Gasteiger partial charge in [0, 0.05) is 26.6 Å². The number of amides is 1. The third-order valence-corrected chi connectivity index (χ3v) is 2.91. The summed E-state index contributed by atoms with van der Waals surface area (Å²) in [6, 6.07) is 0. The minimum Gasteiger partial charge on any atom is -0.383 e. The summed E-state index contributed by atoms with van der Waals surface area (Å²) in [7, 11) is 3.43. The number of hydrogen-bond donors (Lipinski definition) is 0. The molecule has 0 spiro atoms. The molecule has 1 aliphatic rings. The normalized spacial score (nSPS) is 18.8. The molecule has 1 amide bonds. The predicted molar refractivity (Wildman–Crippen MR) is 56.5 cm³/mol. The smallest absolute Gasteiger partial charge is 0.225 e. The molecule has 0 heterocycles. The monoisotopic (exact) mass is 219 g/mol. The fourth-order valence-corrected chi connectivity index (χ4v) is 1.92. The maximum absolute atomic E-state index is 11.7. The highest BCUT2D eigenvalue weighted by atomic mass is 35.5. The SMILES string of the molecule is COCC(Cl)CN(C)C(=O)C1CCC1. The highest BCUT2D eigenvalue weighted by molar-refractivity contribution is 6.21. The van der Waals surface area contributed by atoms with E-state index in [-0.39, 0.29) is 17.2 Å². The Morgan fingerprint density at radius 2 is 2.29 bits per heavy atom. The molecular formula is C10H18ClNO2.